The molecule has 0 aromatic rings. The summed E-state index contributed by atoms with van der Waals surface area (Å²) in [5.74, 6) is 0. The molecule has 0 aromatic carbocycles. The molecule has 0 N–H and O–H groups in total. The molecule has 0 unspecified atom stereocenters. The summed E-state index contributed by atoms with van der Waals surface area (Å²) < 4.78 is 6.14. The van der Waals surface area contributed by atoms with Gasteiger partial charge >= 0.3 is 0 Å². The highest BCUT2D eigenvalue weighted by Gasteiger charge is 2.36. The second-order valence-electron chi connectivity index (χ2n) is 6.38. The van der Waals surface area contributed by atoms with Crippen molar-refractivity contribution in [1.29, 1.82) is 0 Å². The molecule has 0 amide bonds. The third-order valence-corrected chi connectivity index (χ3v) is 8.31. The van der Waals surface area contributed by atoms with Crippen LogP contribution in [0.3, 0.4) is 0 Å². The fourth-order valence-electron chi connectivity index (χ4n) is 1.43. The van der Waals surface area contributed by atoms with Crippen LogP contribution in [0.4, 0.5) is 0 Å². The van der Waals surface area contributed by atoms with Crippen molar-refractivity contribution in [3.8, 4) is 0 Å². The summed E-state index contributed by atoms with van der Waals surface area (Å²) in [4.78, 5) is 0. The molecule has 98 valence electrons. The lowest BCUT2D eigenvalue weighted by molar-refractivity contribution is 0.277. The Balaban J connectivity index is 3.51. The van der Waals surface area contributed by atoms with Crippen LogP contribution >= 0.6 is 0 Å². The predicted octanol–water partition coefficient (Wildman–Crippen LogP) is 5.37. The van der Waals surface area contributed by atoms with Crippen molar-refractivity contribution in [3.05, 3.63) is 0 Å². The van der Waals surface area contributed by atoms with E-state index in [1.807, 2.05) is 0 Å². The first-order chi connectivity index (χ1) is 7.31. The van der Waals surface area contributed by atoms with E-state index < -0.39 is 8.32 Å². The molecular formula is C14H32OSi. The van der Waals surface area contributed by atoms with E-state index in [2.05, 4.69) is 40.8 Å². The second kappa shape index (κ2) is 7.49. The maximum Gasteiger partial charge on any atom is 0.191 e. The Bertz CT molecular complexity index is 170. The van der Waals surface area contributed by atoms with Gasteiger partial charge in [0.25, 0.3) is 0 Å². The third kappa shape index (κ3) is 6.69. The van der Waals surface area contributed by atoms with E-state index in [1.54, 1.807) is 0 Å². The minimum Gasteiger partial charge on any atom is -0.417 e. The maximum atomic E-state index is 6.14. The van der Waals surface area contributed by atoms with Gasteiger partial charge in [0.05, 0.1) is 0 Å². The molecular weight excluding hydrogens is 212 g/mol. The van der Waals surface area contributed by atoms with E-state index in [9.17, 15) is 0 Å². The van der Waals surface area contributed by atoms with Crippen molar-refractivity contribution in [2.24, 2.45) is 0 Å². The Morgan fingerprint density at radius 2 is 1.38 bits per heavy atom. The second-order valence-corrected chi connectivity index (χ2v) is 11.2. The Kier molecular flexibility index (Phi) is 7.58. The van der Waals surface area contributed by atoms with E-state index in [4.69, 9.17) is 4.43 Å². The van der Waals surface area contributed by atoms with Crippen LogP contribution in [0.25, 0.3) is 0 Å². The highest BCUT2D eigenvalue weighted by molar-refractivity contribution is 6.74. The summed E-state index contributed by atoms with van der Waals surface area (Å²) >= 11 is 0. The Hall–Kier alpha value is 0.177. The van der Waals surface area contributed by atoms with Crippen molar-refractivity contribution < 1.29 is 4.43 Å². The summed E-state index contributed by atoms with van der Waals surface area (Å²) in [6.07, 6.45) is 8.10. The Labute approximate surface area is 104 Å². The van der Waals surface area contributed by atoms with Crippen LogP contribution in [0.1, 0.15) is 66.2 Å². The summed E-state index contributed by atoms with van der Waals surface area (Å²) in [5, 5.41) is 0.356. The molecule has 0 aliphatic rings. The van der Waals surface area contributed by atoms with E-state index >= 15 is 0 Å². The van der Waals surface area contributed by atoms with Crippen molar-refractivity contribution in [2.45, 2.75) is 84.4 Å². The molecule has 0 aliphatic carbocycles. The standard InChI is InChI=1S/C14H32OSi/c1-7-8-9-10-11-12-13-15-16(5,6)14(2,3)4/h7-13H2,1-6H3. The maximum absolute atomic E-state index is 6.14. The normalized spacial score (nSPS) is 13.1. The van der Waals surface area contributed by atoms with Crippen LogP contribution in [-0.4, -0.2) is 14.9 Å². The van der Waals surface area contributed by atoms with Gasteiger partial charge in [-0.05, 0) is 24.6 Å². The van der Waals surface area contributed by atoms with Gasteiger partial charge < -0.3 is 4.43 Å². The molecule has 0 saturated heterocycles. The predicted molar refractivity (Wildman–Crippen MR) is 76.5 cm³/mol. The lowest BCUT2D eigenvalue weighted by Gasteiger charge is -2.36. The molecule has 0 bridgehead atoms. The van der Waals surface area contributed by atoms with E-state index in [0.717, 1.165) is 6.61 Å². The highest BCUT2D eigenvalue weighted by atomic mass is 28.4. The van der Waals surface area contributed by atoms with Crippen LogP contribution in [-0.2, 0) is 4.43 Å². The molecule has 0 atom stereocenters. The van der Waals surface area contributed by atoms with Crippen LogP contribution in [0.15, 0.2) is 0 Å². The zero-order chi connectivity index (χ0) is 12.7. The third-order valence-electron chi connectivity index (χ3n) is 3.77. The van der Waals surface area contributed by atoms with Crippen LogP contribution in [0.2, 0.25) is 18.1 Å². The zero-order valence-corrected chi connectivity index (χ0v) is 13.4. The lowest BCUT2D eigenvalue weighted by Crippen LogP contribution is -2.40. The van der Waals surface area contributed by atoms with Gasteiger partial charge in [0.1, 0.15) is 0 Å². The monoisotopic (exact) mass is 244 g/mol. The molecule has 0 fully saturated rings. The molecule has 1 nitrogen and oxygen atoms in total. The molecule has 0 saturated carbocycles. The molecule has 16 heavy (non-hydrogen) atoms. The fourth-order valence-corrected chi connectivity index (χ4v) is 2.51. The molecule has 0 spiro atoms. The van der Waals surface area contributed by atoms with Gasteiger partial charge in [0, 0.05) is 6.61 Å². The van der Waals surface area contributed by atoms with E-state index in [1.165, 1.54) is 38.5 Å². The first-order valence-electron chi connectivity index (χ1n) is 6.95. The van der Waals surface area contributed by atoms with Crippen molar-refractivity contribution >= 4 is 8.32 Å². The Morgan fingerprint density at radius 3 is 1.88 bits per heavy atom. The van der Waals surface area contributed by atoms with Gasteiger partial charge in [-0.1, -0.05) is 59.8 Å². The fraction of sp³-hybridized carbons (Fsp3) is 1.00. The average molecular weight is 244 g/mol. The van der Waals surface area contributed by atoms with Crippen LogP contribution < -0.4 is 0 Å². The molecule has 2 heteroatoms. The Morgan fingerprint density at radius 1 is 0.875 bits per heavy atom. The summed E-state index contributed by atoms with van der Waals surface area (Å²) in [6.45, 7) is 14.8. The quantitative estimate of drug-likeness (QED) is 0.412. The van der Waals surface area contributed by atoms with E-state index in [-0.39, 0.29) is 0 Å². The van der Waals surface area contributed by atoms with Crippen LogP contribution in [0.5, 0.6) is 0 Å². The minimum absolute atomic E-state index is 0.356. The van der Waals surface area contributed by atoms with Crippen molar-refractivity contribution in [1.82, 2.24) is 0 Å². The molecule has 0 rings (SSSR count). The summed E-state index contributed by atoms with van der Waals surface area (Å²) in [7, 11) is -1.48. The zero-order valence-electron chi connectivity index (χ0n) is 12.4. The molecule has 0 heterocycles. The van der Waals surface area contributed by atoms with Gasteiger partial charge in [-0.2, -0.15) is 0 Å². The highest BCUT2D eigenvalue weighted by Crippen LogP contribution is 2.36. The van der Waals surface area contributed by atoms with Crippen molar-refractivity contribution in [2.75, 3.05) is 6.61 Å². The number of hydrogen-bond donors (Lipinski definition) is 0. The average Bonchev–Trinajstić information content (AvgIpc) is 2.14. The lowest BCUT2D eigenvalue weighted by atomic mass is 10.1. The summed E-state index contributed by atoms with van der Waals surface area (Å²) in [6, 6.07) is 0. The first-order valence-corrected chi connectivity index (χ1v) is 9.86. The van der Waals surface area contributed by atoms with Gasteiger partial charge in [0.15, 0.2) is 8.32 Å². The number of rotatable bonds is 8. The summed E-state index contributed by atoms with van der Waals surface area (Å²) in [5.41, 5.74) is 0. The topological polar surface area (TPSA) is 9.23 Å². The number of hydrogen-bond acceptors (Lipinski definition) is 1. The number of unbranched alkanes of at least 4 members (excludes halogenated alkanes) is 5. The van der Waals surface area contributed by atoms with Gasteiger partial charge in [0.2, 0.25) is 0 Å². The smallest absolute Gasteiger partial charge is 0.191 e. The SMILES string of the molecule is CCCCCCCCO[Si](C)(C)C(C)(C)C. The van der Waals surface area contributed by atoms with Gasteiger partial charge in [-0.15, -0.1) is 0 Å². The molecule has 0 aliphatic heterocycles. The van der Waals surface area contributed by atoms with Crippen molar-refractivity contribution in [3.63, 3.8) is 0 Å². The van der Waals surface area contributed by atoms with Gasteiger partial charge in [-0.3, -0.25) is 0 Å². The molecule has 0 aromatic heterocycles. The largest absolute Gasteiger partial charge is 0.417 e. The van der Waals surface area contributed by atoms with Gasteiger partial charge in [-0.25, -0.2) is 0 Å². The van der Waals surface area contributed by atoms with Crippen LogP contribution in [0, 0.1) is 0 Å². The first kappa shape index (κ1) is 16.2. The minimum atomic E-state index is -1.48. The molecule has 0 radical (unpaired) electrons. The van der Waals surface area contributed by atoms with E-state index in [0.29, 0.717) is 5.04 Å².